The quantitative estimate of drug-likeness (QED) is 0.804. The second-order valence-electron chi connectivity index (χ2n) is 6.65. The van der Waals surface area contributed by atoms with Crippen molar-refractivity contribution in [3.05, 3.63) is 51.7 Å². The molecule has 1 aliphatic heterocycles. The average molecular weight is 377 g/mol. The average Bonchev–Trinajstić information content (AvgIpc) is 2.98. The molecule has 138 valence electrons. The van der Waals surface area contributed by atoms with Gasteiger partial charge in [0, 0.05) is 12.0 Å². The Hall–Kier alpha value is -2.25. The van der Waals surface area contributed by atoms with Gasteiger partial charge < -0.3 is 15.0 Å². The number of benzene rings is 1. The molecule has 0 spiro atoms. The Morgan fingerprint density at radius 1 is 1.27 bits per heavy atom. The standard InChI is InChI=1S/C19H21FN2O3S/c1-11(2)22-9-8-14-15(10-22)26-18(16(14)19(24)25-3)21-17(23)12-4-6-13(20)7-5-12/h4-7,11H,8-10H2,1-3H3,(H,21,23)/p+1. The fourth-order valence-electron chi connectivity index (χ4n) is 3.17. The number of halogens is 1. The van der Waals surface area contributed by atoms with Gasteiger partial charge in [-0.1, -0.05) is 0 Å². The van der Waals surface area contributed by atoms with E-state index in [-0.39, 0.29) is 5.91 Å². The maximum Gasteiger partial charge on any atom is 0.341 e. The topological polar surface area (TPSA) is 59.8 Å². The van der Waals surface area contributed by atoms with Crippen molar-refractivity contribution < 1.29 is 23.6 Å². The SMILES string of the molecule is COC(=O)c1c(NC(=O)c2ccc(F)cc2)sc2c1CC[NH+](C(C)C)C2. The van der Waals surface area contributed by atoms with Crippen LogP contribution >= 0.6 is 11.3 Å². The smallest absolute Gasteiger partial charge is 0.341 e. The molecule has 5 nitrogen and oxygen atoms in total. The summed E-state index contributed by atoms with van der Waals surface area (Å²) in [4.78, 5) is 27.4. The number of esters is 1. The van der Waals surface area contributed by atoms with Gasteiger partial charge in [-0.05, 0) is 43.7 Å². The van der Waals surface area contributed by atoms with Crippen molar-refractivity contribution in [2.45, 2.75) is 32.9 Å². The van der Waals surface area contributed by atoms with Gasteiger partial charge in [0.25, 0.3) is 5.91 Å². The van der Waals surface area contributed by atoms with Crippen molar-refractivity contribution in [1.29, 1.82) is 0 Å². The van der Waals surface area contributed by atoms with Crippen molar-refractivity contribution in [1.82, 2.24) is 0 Å². The van der Waals surface area contributed by atoms with E-state index < -0.39 is 11.8 Å². The van der Waals surface area contributed by atoms with Crippen LogP contribution in [0.5, 0.6) is 0 Å². The highest BCUT2D eigenvalue weighted by atomic mass is 32.1. The summed E-state index contributed by atoms with van der Waals surface area (Å²) < 4.78 is 18.0. The monoisotopic (exact) mass is 377 g/mol. The van der Waals surface area contributed by atoms with E-state index in [9.17, 15) is 14.0 Å². The minimum atomic E-state index is -0.440. The zero-order chi connectivity index (χ0) is 18.8. The number of quaternary nitrogens is 1. The van der Waals surface area contributed by atoms with Crippen molar-refractivity contribution in [2.24, 2.45) is 0 Å². The summed E-state index contributed by atoms with van der Waals surface area (Å²) in [5, 5.41) is 3.31. The molecule has 26 heavy (non-hydrogen) atoms. The molecule has 0 radical (unpaired) electrons. The third-order valence-corrected chi connectivity index (χ3v) is 5.86. The van der Waals surface area contributed by atoms with E-state index in [1.54, 1.807) is 0 Å². The third-order valence-electron chi connectivity index (χ3n) is 4.71. The van der Waals surface area contributed by atoms with Crippen LogP contribution in [0.1, 0.15) is 45.0 Å². The highest BCUT2D eigenvalue weighted by Gasteiger charge is 2.32. The van der Waals surface area contributed by atoms with Crippen LogP contribution in [-0.4, -0.2) is 31.6 Å². The molecule has 0 fully saturated rings. The fraction of sp³-hybridized carbons (Fsp3) is 0.368. The summed E-state index contributed by atoms with van der Waals surface area (Å²) in [6.45, 7) is 6.11. The van der Waals surface area contributed by atoms with Gasteiger partial charge in [-0.25, -0.2) is 9.18 Å². The number of hydrogen-bond acceptors (Lipinski definition) is 4. The fourth-order valence-corrected chi connectivity index (χ4v) is 4.46. The Morgan fingerprint density at radius 3 is 2.58 bits per heavy atom. The van der Waals surface area contributed by atoms with Gasteiger partial charge in [0.05, 0.1) is 30.1 Å². The molecular weight excluding hydrogens is 355 g/mol. The number of amides is 1. The number of fused-ring (bicyclic) bond motifs is 1. The molecule has 7 heteroatoms. The molecule has 1 aliphatic rings. The van der Waals surface area contributed by atoms with Gasteiger partial charge in [-0.3, -0.25) is 4.79 Å². The van der Waals surface area contributed by atoms with Crippen molar-refractivity contribution in [3.8, 4) is 0 Å². The zero-order valence-electron chi connectivity index (χ0n) is 15.0. The molecule has 2 N–H and O–H groups in total. The van der Waals surface area contributed by atoms with Crippen LogP contribution in [0.2, 0.25) is 0 Å². The maximum absolute atomic E-state index is 13.1. The number of anilines is 1. The lowest BCUT2D eigenvalue weighted by atomic mass is 10.0. The summed E-state index contributed by atoms with van der Waals surface area (Å²) in [5.41, 5.74) is 1.76. The van der Waals surface area contributed by atoms with E-state index in [4.69, 9.17) is 4.74 Å². The number of nitrogens with one attached hydrogen (secondary N) is 2. The second-order valence-corrected chi connectivity index (χ2v) is 7.76. The number of ether oxygens (including phenoxy) is 1. The van der Waals surface area contributed by atoms with Crippen LogP contribution in [0.25, 0.3) is 0 Å². The highest BCUT2D eigenvalue weighted by molar-refractivity contribution is 7.17. The van der Waals surface area contributed by atoms with E-state index >= 15 is 0 Å². The molecule has 1 amide bonds. The number of hydrogen-bond donors (Lipinski definition) is 2. The third kappa shape index (κ3) is 3.64. The van der Waals surface area contributed by atoms with Crippen LogP contribution in [0.4, 0.5) is 9.39 Å². The Labute approximate surface area is 155 Å². The predicted molar refractivity (Wildman–Crippen MR) is 98.4 cm³/mol. The minimum absolute atomic E-state index is 0.336. The summed E-state index contributed by atoms with van der Waals surface area (Å²) in [5.74, 6) is -1.22. The van der Waals surface area contributed by atoms with E-state index in [1.807, 2.05) is 0 Å². The lowest BCUT2D eigenvalue weighted by Gasteiger charge is -2.27. The molecule has 3 rings (SSSR count). The van der Waals surface area contributed by atoms with Crippen LogP contribution in [0, 0.1) is 5.82 Å². The lowest BCUT2D eigenvalue weighted by Crippen LogP contribution is -3.14. The largest absolute Gasteiger partial charge is 0.465 e. The van der Waals surface area contributed by atoms with Crippen LogP contribution in [0.3, 0.4) is 0 Å². The van der Waals surface area contributed by atoms with Gasteiger partial charge in [0.2, 0.25) is 0 Å². The molecule has 0 aliphatic carbocycles. The van der Waals surface area contributed by atoms with Gasteiger partial charge in [0.15, 0.2) is 0 Å². The maximum atomic E-state index is 13.1. The summed E-state index contributed by atoms with van der Waals surface area (Å²) in [7, 11) is 1.34. The van der Waals surface area contributed by atoms with Gasteiger partial charge in [-0.2, -0.15) is 0 Å². The number of methoxy groups -OCH3 is 1. The molecule has 2 aromatic rings. The summed E-state index contributed by atoms with van der Waals surface area (Å²) in [6.07, 6.45) is 0.774. The molecule has 1 unspecified atom stereocenters. The van der Waals surface area contributed by atoms with E-state index in [2.05, 4.69) is 19.2 Å². The first-order valence-corrected chi connectivity index (χ1v) is 9.36. The van der Waals surface area contributed by atoms with Gasteiger partial charge in [0.1, 0.15) is 17.4 Å². The molecule has 1 aromatic carbocycles. The Kier molecular flexibility index (Phi) is 5.38. The lowest BCUT2D eigenvalue weighted by molar-refractivity contribution is -0.936. The predicted octanol–water partition coefficient (Wildman–Crippen LogP) is 2.28. The molecule has 1 atom stereocenters. The Balaban J connectivity index is 1.92. The van der Waals surface area contributed by atoms with Crippen LogP contribution < -0.4 is 10.2 Å². The molecule has 0 saturated carbocycles. The number of rotatable bonds is 4. The van der Waals surface area contributed by atoms with E-state index in [1.165, 1.54) is 47.6 Å². The number of thiophene rings is 1. The van der Waals surface area contributed by atoms with Crippen LogP contribution in [-0.2, 0) is 17.7 Å². The first-order chi connectivity index (χ1) is 12.4. The van der Waals surface area contributed by atoms with E-state index in [0.29, 0.717) is 22.2 Å². The van der Waals surface area contributed by atoms with Crippen LogP contribution in [0.15, 0.2) is 24.3 Å². The summed E-state index contributed by atoms with van der Waals surface area (Å²) >= 11 is 1.43. The zero-order valence-corrected chi connectivity index (χ0v) is 15.8. The van der Waals surface area contributed by atoms with Crippen molar-refractivity contribution in [3.63, 3.8) is 0 Å². The Morgan fingerprint density at radius 2 is 1.96 bits per heavy atom. The number of carbonyl (C=O) groups is 2. The highest BCUT2D eigenvalue weighted by Crippen LogP contribution is 2.35. The molecule has 1 aromatic heterocycles. The normalized spacial score (nSPS) is 16.3. The van der Waals surface area contributed by atoms with Gasteiger partial charge in [-0.15, -0.1) is 11.3 Å². The second kappa shape index (κ2) is 7.55. The van der Waals surface area contributed by atoms with Crippen molar-refractivity contribution >= 4 is 28.2 Å². The Bertz CT molecular complexity index is 830. The summed E-state index contributed by atoms with van der Waals surface area (Å²) in [6, 6.07) is 5.80. The van der Waals surface area contributed by atoms with E-state index in [0.717, 1.165) is 30.0 Å². The first-order valence-electron chi connectivity index (χ1n) is 8.55. The molecule has 0 saturated heterocycles. The molecule has 0 bridgehead atoms. The first kappa shape index (κ1) is 18.5. The molecular formula is C19H22FN2O3S+. The minimum Gasteiger partial charge on any atom is -0.465 e. The van der Waals surface area contributed by atoms with Gasteiger partial charge >= 0.3 is 5.97 Å². The molecule has 2 heterocycles. The van der Waals surface area contributed by atoms with Crippen molar-refractivity contribution in [2.75, 3.05) is 19.0 Å². The number of carbonyl (C=O) groups excluding carboxylic acids is 2.